The third kappa shape index (κ3) is 3.15. The molecule has 24 heavy (non-hydrogen) atoms. The van der Waals surface area contributed by atoms with Gasteiger partial charge >= 0.3 is 0 Å². The zero-order valence-corrected chi connectivity index (χ0v) is 13.3. The number of ether oxygens (including phenoxy) is 1. The maximum atomic E-state index is 5.97. The van der Waals surface area contributed by atoms with Crippen molar-refractivity contribution in [3.8, 4) is 5.75 Å². The molecular weight excluding hydrogens is 296 g/mol. The van der Waals surface area contributed by atoms with Gasteiger partial charge in [0, 0.05) is 18.9 Å². The molecule has 4 rings (SSSR count). The van der Waals surface area contributed by atoms with Gasteiger partial charge in [-0.05, 0) is 34.0 Å². The van der Waals surface area contributed by atoms with Crippen LogP contribution in [0.4, 0.5) is 0 Å². The summed E-state index contributed by atoms with van der Waals surface area (Å²) in [6, 6.07) is 23.0. The minimum Gasteiger partial charge on any atom is -0.489 e. The maximum Gasteiger partial charge on any atom is 0.119 e. The van der Waals surface area contributed by atoms with Crippen LogP contribution in [0.25, 0.3) is 10.8 Å². The van der Waals surface area contributed by atoms with E-state index in [1.165, 1.54) is 21.9 Å². The van der Waals surface area contributed by atoms with Crippen molar-refractivity contribution in [2.24, 2.45) is 0 Å². The largest absolute Gasteiger partial charge is 0.489 e. The fraction of sp³-hybridized carbons (Fsp3) is 0.0952. The number of aromatic nitrogens is 2. The van der Waals surface area contributed by atoms with Crippen molar-refractivity contribution in [2.45, 2.75) is 13.2 Å². The highest BCUT2D eigenvalue weighted by molar-refractivity contribution is 5.85. The monoisotopic (exact) mass is 314 g/mol. The number of hydrogen-bond acceptors (Lipinski definition) is 2. The molecule has 0 aliphatic heterocycles. The van der Waals surface area contributed by atoms with Crippen LogP contribution in [0.1, 0.15) is 11.1 Å². The van der Waals surface area contributed by atoms with E-state index in [1.54, 1.807) is 6.20 Å². The van der Waals surface area contributed by atoms with Gasteiger partial charge in [0.2, 0.25) is 0 Å². The van der Waals surface area contributed by atoms with Crippen molar-refractivity contribution in [1.29, 1.82) is 0 Å². The van der Waals surface area contributed by atoms with Gasteiger partial charge in [-0.2, -0.15) is 0 Å². The van der Waals surface area contributed by atoms with Crippen molar-refractivity contribution in [2.75, 3.05) is 0 Å². The summed E-state index contributed by atoms with van der Waals surface area (Å²) < 4.78 is 8.02. The molecule has 0 saturated carbocycles. The summed E-state index contributed by atoms with van der Waals surface area (Å²) >= 11 is 0. The lowest BCUT2D eigenvalue weighted by Crippen LogP contribution is -1.98. The first-order valence-corrected chi connectivity index (χ1v) is 8.02. The summed E-state index contributed by atoms with van der Waals surface area (Å²) in [5.41, 5.74) is 2.43. The van der Waals surface area contributed by atoms with Gasteiger partial charge in [0.05, 0.1) is 6.33 Å². The van der Waals surface area contributed by atoms with Crippen molar-refractivity contribution < 1.29 is 4.74 Å². The second-order valence-electron chi connectivity index (χ2n) is 5.81. The highest BCUT2D eigenvalue weighted by Gasteiger charge is 2.02. The number of hydrogen-bond donors (Lipinski definition) is 0. The average Bonchev–Trinajstić information content (AvgIpc) is 3.14. The second kappa shape index (κ2) is 6.59. The van der Waals surface area contributed by atoms with E-state index in [1.807, 2.05) is 29.2 Å². The van der Waals surface area contributed by atoms with Gasteiger partial charge in [-0.3, -0.25) is 0 Å². The Bertz CT molecular complexity index is 922. The minimum absolute atomic E-state index is 0.572. The van der Waals surface area contributed by atoms with Crippen LogP contribution in [0.15, 0.2) is 85.5 Å². The molecule has 0 bridgehead atoms. The van der Waals surface area contributed by atoms with E-state index >= 15 is 0 Å². The van der Waals surface area contributed by atoms with Gasteiger partial charge < -0.3 is 9.30 Å². The summed E-state index contributed by atoms with van der Waals surface area (Å²) in [5, 5.41) is 2.49. The first-order valence-electron chi connectivity index (χ1n) is 8.02. The first kappa shape index (κ1) is 14.5. The third-order valence-electron chi connectivity index (χ3n) is 4.12. The molecule has 1 aromatic heterocycles. The lowest BCUT2D eigenvalue weighted by Gasteiger charge is -2.10. The Labute approximate surface area is 141 Å². The van der Waals surface area contributed by atoms with Crippen LogP contribution >= 0.6 is 0 Å². The molecule has 4 aromatic rings. The Balaban J connectivity index is 1.45. The van der Waals surface area contributed by atoms with Crippen molar-refractivity contribution in [3.05, 3.63) is 96.6 Å². The zero-order chi connectivity index (χ0) is 16.2. The Morgan fingerprint density at radius 2 is 1.71 bits per heavy atom. The fourth-order valence-electron chi connectivity index (χ4n) is 2.86. The van der Waals surface area contributed by atoms with Gasteiger partial charge in [0.25, 0.3) is 0 Å². The molecule has 0 aliphatic rings. The van der Waals surface area contributed by atoms with E-state index in [-0.39, 0.29) is 0 Å². The van der Waals surface area contributed by atoms with Gasteiger partial charge in [0.15, 0.2) is 0 Å². The lowest BCUT2D eigenvalue weighted by atomic mass is 10.1. The van der Waals surface area contributed by atoms with E-state index in [0.29, 0.717) is 6.61 Å². The van der Waals surface area contributed by atoms with Crippen molar-refractivity contribution in [3.63, 3.8) is 0 Å². The number of benzene rings is 3. The van der Waals surface area contributed by atoms with Crippen LogP contribution < -0.4 is 4.74 Å². The third-order valence-corrected chi connectivity index (χ3v) is 4.12. The molecule has 1 heterocycles. The molecule has 0 fully saturated rings. The Hall–Kier alpha value is -3.07. The molecule has 0 atom stereocenters. The molecular formula is C21H18N2O. The Kier molecular flexibility index (Phi) is 3.98. The van der Waals surface area contributed by atoms with Gasteiger partial charge in [-0.1, -0.05) is 54.6 Å². The predicted octanol–water partition coefficient (Wildman–Crippen LogP) is 4.66. The van der Waals surface area contributed by atoms with Crippen LogP contribution in [0.5, 0.6) is 5.75 Å². The summed E-state index contributed by atoms with van der Waals surface area (Å²) in [6.07, 6.45) is 5.58. The Morgan fingerprint density at radius 3 is 2.54 bits per heavy atom. The topological polar surface area (TPSA) is 27.1 Å². The fourth-order valence-corrected chi connectivity index (χ4v) is 2.86. The molecule has 0 saturated heterocycles. The molecule has 3 heteroatoms. The summed E-state index contributed by atoms with van der Waals surface area (Å²) in [4.78, 5) is 4.06. The Morgan fingerprint density at radius 1 is 0.875 bits per heavy atom. The van der Waals surface area contributed by atoms with Gasteiger partial charge in [-0.15, -0.1) is 0 Å². The smallest absolute Gasteiger partial charge is 0.119 e. The molecule has 0 unspecified atom stereocenters. The molecule has 3 aromatic carbocycles. The average molecular weight is 314 g/mol. The lowest BCUT2D eigenvalue weighted by molar-refractivity contribution is 0.307. The van der Waals surface area contributed by atoms with Gasteiger partial charge in [-0.25, -0.2) is 4.98 Å². The highest BCUT2D eigenvalue weighted by Crippen LogP contribution is 2.21. The number of rotatable bonds is 5. The van der Waals surface area contributed by atoms with E-state index < -0.39 is 0 Å². The summed E-state index contributed by atoms with van der Waals surface area (Å²) in [6.45, 7) is 1.39. The minimum atomic E-state index is 0.572. The molecule has 3 nitrogen and oxygen atoms in total. The van der Waals surface area contributed by atoms with E-state index in [9.17, 15) is 0 Å². The second-order valence-corrected chi connectivity index (χ2v) is 5.81. The first-order chi connectivity index (χ1) is 11.9. The normalized spacial score (nSPS) is 10.8. The molecule has 0 aliphatic carbocycles. The zero-order valence-electron chi connectivity index (χ0n) is 13.3. The van der Waals surface area contributed by atoms with Crippen molar-refractivity contribution >= 4 is 10.8 Å². The van der Waals surface area contributed by atoms with Crippen LogP contribution in [-0.4, -0.2) is 9.55 Å². The molecule has 0 spiro atoms. The number of fused-ring (bicyclic) bond motifs is 1. The van der Waals surface area contributed by atoms with Crippen LogP contribution in [0.2, 0.25) is 0 Å². The van der Waals surface area contributed by atoms with Crippen LogP contribution in [0.3, 0.4) is 0 Å². The maximum absolute atomic E-state index is 5.97. The molecule has 0 N–H and O–H groups in total. The predicted molar refractivity (Wildman–Crippen MR) is 96.1 cm³/mol. The van der Waals surface area contributed by atoms with Crippen LogP contribution in [0, 0.1) is 0 Å². The van der Waals surface area contributed by atoms with E-state index in [0.717, 1.165) is 12.3 Å². The quantitative estimate of drug-likeness (QED) is 0.535. The summed E-state index contributed by atoms with van der Waals surface area (Å²) in [5.74, 6) is 0.886. The van der Waals surface area contributed by atoms with Crippen molar-refractivity contribution in [1.82, 2.24) is 9.55 Å². The van der Waals surface area contributed by atoms with E-state index in [2.05, 4.69) is 59.6 Å². The van der Waals surface area contributed by atoms with E-state index in [4.69, 9.17) is 4.74 Å². The number of nitrogens with zero attached hydrogens (tertiary/aromatic N) is 2. The number of imidazole rings is 1. The standard InChI is InChI=1S/C21H18N2O/c1-2-7-21-18(4-1)5-3-6-19(21)15-24-20-10-8-17(9-11-20)14-23-13-12-22-16-23/h1-13,16H,14-15H2. The van der Waals surface area contributed by atoms with Crippen LogP contribution in [-0.2, 0) is 13.2 Å². The van der Waals surface area contributed by atoms with Gasteiger partial charge in [0.1, 0.15) is 12.4 Å². The highest BCUT2D eigenvalue weighted by atomic mass is 16.5. The molecule has 0 radical (unpaired) electrons. The molecule has 0 amide bonds. The summed E-state index contributed by atoms with van der Waals surface area (Å²) in [7, 11) is 0. The SMILES string of the molecule is c1ccc2c(COc3ccc(Cn4ccnc4)cc3)cccc2c1. The molecule has 118 valence electrons.